The fraction of sp³-hybridized carbons (Fsp3) is 0.250. The van der Waals surface area contributed by atoms with Crippen molar-refractivity contribution in [2.45, 2.75) is 31.7 Å². The summed E-state index contributed by atoms with van der Waals surface area (Å²) in [7, 11) is 1.39. The molecule has 1 aromatic heterocycles. The number of imide groups is 2. The van der Waals surface area contributed by atoms with E-state index in [1.54, 1.807) is 18.2 Å². The number of carbonyl (C=O) groups is 4. The van der Waals surface area contributed by atoms with Crippen LogP contribution in [0.2, 0.25) is 0 Å². The molecule has 4 aromatic rings. The molecule has 1 atom stereocenters. The van der Waals surface area contributed by atoms with Gasteiger partial charge in [-0.25, -0.2) is 7.89 Å². The van der Waals surface area contributed by atoms with Crippen LogP contribution in [0.4, 0.5) is 11.4 Å². The first kappa shape index (κ1) is 34.5. The Bertz CT molecular complexity index is 2270. The summed E-state index contributed by atoms with van der Waals surface area (Å²) < 4.78 is 6.31. The molecular weight excluding hydrogens is 783 g/mol. The van der Waals surface area contributed by atoms with Crippen molar-refractivity contribution in [1.29, 1.82) is 0 Å². The molecule has 3 aromatic carbocycles. The van der Waals surface area contributed by atoms with Gasteiger partial charge in [0.1, 0.15) is 11.7 Å². The molecule has 12 nitrogen and oxygen atoms in total. The minimum Gasteiger partial charge on any atom is -0.405 e. The second-order valence-electron chi connectivity index (χ2n) is 13.7. The van der Waals surface area contributed by atoms with Crippen LogP contribution < -0.4 is 15.5 Å². The van der Waals surface area contributed by atoms with Crippen LogP contribution >= 0.6 is 22.9 Å². The summed E-state index contributed by atoms with van der Waals surface area (Å²) in [5, 5.41) is 4.95. The highest BCUT2D eigenvalue weighted by Gasteiger charge is 2.46. The predicted molar refractivity (Wildman–Crippen MR) is 212 cm³/mol. The number of hydrogen-bond acceptors (Lipinski definition) is 9. The van der Waals surface area contributed by atoms with Crippen molar-refractivity contribution in [3.63, 3.8) is 0 Å². The SMILES string of the molecule is C=C(/C=C\N)c1nn(-c2ccc(N3CCN(c4ccc5c(c4)C(=O)N(C4CCC(=O)N(C)C4=O)C5=O)CC3)cc2)cc1-c1ccc2c(c1)CCC2=NI. The first-order valence-corrected chi connectivity index (χ1v) is 18.5. The highest BCUT2D eigenvalue weighted by atomic mass is 127. The zero-order valence-electron chi connectivity index (χ0n) is 29.2. The number of aryl methyl sites for hydroxylation is 1. The number of likely N-dealkylation sites (tertiary alicyclic amines) is 1. The normalized spacial score (nSPS) is 19.6. The molecule has 8 rings (SSSR count). The number of nitrogens with two attached hydrogens (primary N) is 1. The minimum absolute atomic E-state index is 0.110. The lowest BCUT2D eigenvalue weighted by Gasteiger charge is -2.37. The van der Waals surface area contributed by atoms with E-state index < -0.39 is 23.8 Å². The number of aromatic nitrogens is 2. The van der Waals surface area contributed by atoms with Gasteiger partial charge >= 0.3 is 0 Å². The summed E-state index contributed by atoms with van der Waals surface area (Å²) in [6.45, 7) is 7.19. The van der Waals surface area contributed by atoms with Crippen molar-refractivity contribution in [2.24, 2.45) is 8.94 Å². The second-order valence-corrected chi connectivity index (χ2v) is 14.2. The largest absolute Gasteiger partial charge is 0.405 e. The molecule has 1 aliphatic carbocycles. The molecule has 268 valence electrons. The van der Waals surface area contributed by atoms with E-state index in [9.17, 15) is 19.2 Å². The van der Waals surface area contributed by atoms with E-state index in [1.807, 2.05) is 16.9 Å². The number of fused-ring (bicyclic) bond motifs is 2. The van der Waals surface area contributed by atoms with Gasteiger partial charge in [0.15, 0.2) is 0 Å². The van der Waals surface area contributed by atoms with Crippen molar-refractivity contribution in [3.8, 4) is 16.8 Å². The third-order valence-corrected chi connectivity index (χ3v) is 11.3. The molecule has 4 aliphatic rings. The van der Waals surface area contributed by atoms with Crippen molar-refractivity contribution in [3.05, 3.63) is 114 Å². The van der Waals surface area contributed by atoms with Crippen LogP contribution in [0.1, 0.15) is 56.8 Å². The summed E-state index contributed by atoms with van der Waals surface area (Å²) in [5.41, 5.74) is 16.4. The van der Waals surface area contributed by atoms with Gasteiger partial charge < -0.3 is 15.5 Å². The minimum atomic E-state index is -0.970. The molecule has 1 unspecified atom stereocenters. The highest BCUT2D eigenvalue weighted by molar-refractivity contribution is 14.1. The van der Waals surface area contributed by atoms with E-state index in [2.05, 4.69) is 84.9 Å². The van der Waals surface area contributed by atoms with Crippen molar-refractivity contribution < 1.29 is 19.2 Å². The van der Waals surface area contributed by atoms with Crippen LogP contribution in [0.5, 0.6) is 0 Å². The number of amides is 4. The summed E-state index contributed by atoms with van der Waals surface area (Å²) in [6.07, 6.45) is 7.46. The van der Waals surface area contributed by atoms with Gasteiger partial charge in [-0.1, -0.05) is 24.8 Å². The standard InChI is InChI=1S/C40H37IN8O4/c1-24(15-16-42)37-33(26-3-10-30-25(21-26)4-12-34(30)43-41)23-48(44-37)28-7-5-27(6-8-28)46-17-19-47(20-18-46)29-9-11-31-32(22-29)39(52)49(38(31)51)35-13-14-36(50)45(2)40(35)53/h3,5-11,15-16,21-23,35H,1,4,12-14,17-20,42H2,2H3/b16-15-,43-34?. The molecule has 4 amide bonds. The van der Waals surface area contributed by atoms with Gasteiger partial charge in [0.05, 0.1) is 45.4 Å². The third kappa shape index (κ3) is 6.02. The molecule has 3 aliphatic heterocycles. The number of benzene rings is 3. The fourth-order valence-electron chi connectivity index (χ4n) is 7.78. The maximum atomic E-state index is 13.5. The van der Waals surface area contributed by atoms with Crippen LogP contribution in [-0.2, 0) is 16.0 Å². The van der Waals surface area contributed by atoms with Crippen LogP contribution in [0.3, 0.4) is 0 Å². The van der Waals surface area contributed by atoms with Crippen LogP contribution in [0, 0.1) is 0 Å². The Morgan fingerprint density at radius 3 is 2.21 bits per heavy atom. The third-order valence-electron chi connectivity index (χ3n) is 10.7. The van der Waals surface area contributed by atoms with Crippen molar-refractivity contribution in [2.75, 3.05) is 43.0 Å². The van der Waals surface area contributed by atoms with Gasteiger partial charge in [-0.3, -0.25) is 29.0 Å². The summed E-state index contributed by atoms with van der Waals surface area (Å²) >= 11 is 2.07. The number of anilines is 2. The molecule has 2 N–H and O–H groups in total. The number of nitrogens with zero attached hydrogens (tertiary/aromatic N) is 7. The van der Waals surface area contributed by atoms with Gasteiger partial charge in [-0.2, -0.15) is 5.10 Å². The fourth-order valence-corrected chi connectivity index (χ4v) is 8.28. The first-order valence-electron chi connectivity index (χ1n) is 17.6. The molecule has 0 radical (unpaired) electrons. The topological polar surface area (TPSA) is 137 Å². The van der Waals surface area contributed by atoms with E-state index in [0.29, 0.717) is 5.56 Å². The summed E-state index contributed by atoms with van der Waals surface area (Å²) in [5.74, 6) is -1.82. The van der Waals surface area contributed by atoms with E-state index in [0.717, 1.165) is 94.0 Å². The molecule has 0 spiro atoms. The Labute approximate surface area is 320 Å². The second kappa shape index (κ2) is 13.8. The van der Waals surface area contributed by atoms with Crippen molar-refractivity contribution in [1.82, 2.24) is 19.6 Å². The van der Waals surface area contributed by atoms with Crippen molar-refractivity contribution >= 4 is 69.2 Å². The average Bonchev–Trinajstić information content (AvgIpc) is 3.88. The predicted octanol–water partition coefficient (Wildman–Crippen LogP) is 5.18. The Hall–Kier alpha value is -5.57. The number of allylic oxidation sites excluding steroid dienone is 2. The Morgan fingerprint density at radius 2 is 1.49 bits per heavy atom. The Balaban J connectivity index is 0.960. The number of piperazine rings is 1. The number of hydrogen-bond donors (Lipinski definition) is 1. The molecule has 53 heavy (non-hydrogen) atoms. The molecule has 0 bridgehead atoms. The van der Waals surface area contributed by atoms with E-state index in [1.165, 1.54) is 24.4 Å². The number of likely N-dealkylation sites (N-methyl/N-ethyl adjacent to an activating group) is 1. The van der Waals surface area contributed by atoms with Gasteiger partial charge in [0.25, 0.3) is 17.7 Å². The van der Waals surface area contributed by atoms with Gasteiger partial charge in [0, 0.05) is 62.8 Å². The lowest BCUT2D eigenvalue weighted by molar-refractivity contribution is -0.149. The van der Waals surface area contributed by atoms with Crippen LogP contribution in [-0.4, -0.2) is 88.2 Å². The lowest BCUT2D eigenvalue weighted by Crippen LogP contribution is -2.54. The lowest BCUT2D eigenvalue weighted by atomic mass is 9.98. The van der Waals surface area contributed by atoms with Crippen LogP contribution in [0.15, 0.2) is 88.9 Å². The molecule has 4 heterocycles. The molecule has 2 saturated heterocycles. The molecule has 13 heteroatoms. The van der Waals surface area contributed by atoms with Crippen LogP contribution in [0.25, 0.3) is 22.4 Å². The van der Waals surface area contributed by atoms with E-state index >= 15 is 0 Å². The summed E-state index contributed by atoms with van der Waals surface area (Å²) in [6, 6.07) is 19.2. The maximum Gasteiger partial charge on any atom is 0.262 e. The zero-order valence-corrected chi connectivity index (χ0v) is 31.3. The Morgan fingerprint density at radius 1 is 0.830 bits per heavy atom. The summed E-state index contributed by atoms with van der Waals surface area (Å²) in [4.78, 5) is 58.1. The monoisotopic (exact) mass is 820 g/mol. The molecule has 2 fully saturated rings. The number of halogens is 1. The first-order chi connectivity index (χ1) is 25.7. The van der Waals surface area contributed by atoms with E-state index in [-0.39, 0.29) is 24.3 Å². The maximum absolute atomic E-state index is 13.5. The van der Waals surface area contributed by atoms with Gasteiger partial charge in [0.2, 0.25) is 5.91 Å². The molecule has 0 saturated carbocycles. The number of rotatable bonds is 7. The highest BCUT2D eigenvalue weighted by Crippen LogP contribution is 2.35. The van der Waals surface area contributed by atoms with E-state index in [4.69, 9.17) is 10.8 Å². The van der Waals surface area contributed by atoms with Gasteiger partial charge in [-0.15, -0.1) is 0 Å². The average molecular weight is 821 g/mol. The molecular formula is C40H37IN8O4. The van der Waals surface area contributed by atoms with Gasteiger partial charge in [-0.05, 0) is 96.3 Å². The smallest absolute Gasteiger partial charge is 0.262 e. The number of carbonyl (C=O) groups excluding carboxylic acids is 4. The Kier molecular flexibility index (Phi) is 8.96. The zero-order chi connectivity index (χ0) is 37.0. The number of piperidine rings is 1. The quantitative estimate of drug-likeness (QED) is 0.153.